The third-order valence-corrected chi connectivity index (χ3v) is 5.80. The van der Waals surface area contributed by atoms with Gasteiger partial charge in [0, 0.05) is 24.9 Å². The van der Waals surface area contributed by atoms with Crippen LogP contribution in [0, 0.1) is 11.8 Å². The number of unbranched alkanes of at least 4 members (excludes halogenated alkanes) is 1. The molecule has 4 atom stereocenters. The highest BCUT2D eigenvalue weighted by Gasteiger charge is 2.42. The number of nitrogens with zero attached hydrogens (tertiary/aromatic N) is 1. The quantitative estimate of drug-likeness (QED) is 0.165. The Morgan fingerprint density at radius 2 is 1.75 bits per heavy atom. The highest BCUT2D eigenvalue weighted by molar-refractivity contribution is 5.79. The fraction of sp³-hybridized carbons (Fsp3) is 0.800. The Balaban J connectivity index is 2.77. The first-order chi connectivity index (χ1) is 16.7. The van der Waals surface area contributed by atoms with E-state index in [4.69, 9.17) is 14.2 Å². The largest absolute Gasteiger partial charge is 0.469 e. The molecule has 3 amide bonds. The average Bonchev–Trinajstić information content (AvgIpc) is 3.17. The Morgan fingerprint density at radius 1 is 1.08 bits per heavy atom. The molecular formula is C25H44N4O7. The van der Waals surface area contributed by atoms with Crippen molar-refractivity contribution < 1.29 is 33.4 Å². The maximum absolute atomic E-state index is 12.3. The lowest BCUT2D eigenvalue weighted by molar-refractivity contribution is -0.145. The van der Waals surface area contributed by atoms with E-state index in [1.807, 2.05) is 0 Å². The molecule has 0 radical (unpaired) electrons. The predicted molar refractivity (Wildman–Crippen MR) is 136 cm³/mol. The number of carbonyl (C=O) groups is 4. The van der Waals surface area contributed by atoms with E-state index in [-0.39, 0.29) is 42.3 Å². The van der Waals surface area contributed by atoms with Gasteiger partial charge in [-0.2, -0.15) is 4.99 Å². The van der Waals surface area contributed by atoms with Gasteiger partial charge in [0.2, 0.25) is 5.91 Å². The number of ether oxygens (including phenoxy) is 3. The average molecular weight is 513 g/mol. The fourth-order valence-electron chi connectivity index (χ4n) is 4.23. The van der Waals surface area contributed by atoms with Crippen molar-refractivity contribution in [2.45, 2.75) is 104 Å². The second kappa shape index (κ2) is 14.0. The van der Waals surface area contributed by atoms with Crippen molar-refractivity contribution >= 4 is 30.4 Å². The van der Waals surface area contributed by atoms with Crippen LogP contribution in [-0.2, 0) is 23.8 Å². The molecule has 0 spiro atoms. The van der Waals surface area contributed by atoms with Crippen LogP contribution in [0.1, 0.15) is 80.6 Å². The summed E-state index contributed by atoms with van der Waals surface area (Å²) in [4.78, 5) is 52.0. The van der Waals surface area contributed by atoms with Gasteiger partial charge in [-0.3, -0.25) is 9.59 Å². The lowest BCUT2D eigenvalue weighted by Gasteiger charge is -2.29. The molecule has 0 saturated heterocycles. The van der Waals surface area contributed by atoms with E-state index in [1.54, 1.807) is 34.6 Å². The normalized spacial score (nSPS) is 20.9. The number of nitrogens with one attached hydrogen (secondary N) is 3. The topological polar surface area (TPSA) is 144 Å². The van der Waals surface area contributed by atoms with E-state index < -0.39 is 23.4 Å². The molecule has 1 aliphatic rings. The minimum absolute atomic E-state index is 0.0396. The highest BCUT2D eigenvalue weighted by Crippen LogP contribution is 2.35. The summed E-state index contributed by atoms with van der Waals surface area (Å²) >= 11 is 0. The number of amides is 3. The fourth-order valence-corrected chi connectivity index (χ4v) is 4.23. The van der Waals surface area contributed by atoms with Crippen LogP contribution in [0.4, 0.5) is 9.59 Å². The molecule has 1 rings (SSSR count). The van der Waals surface area contributed by atoms with Crippen molar-refractivity contribution in [2.75, 3.05) is 13.7 Å². The zero-order valence-corrected chi connectivity index (χ0v) is 22.9. The van der Waals surface area contributed by atoms with Crippen molar-refractivity contribution in [3.8, 4) is 0 Å². The first-order valence-electron chi connectivity index (χ1n) is 12.5. The second-order valence-corrected chi connectivity index (χ2v) is 10.8. The minimum atomic E-state index is -1.02. The molecule has 0 aliphatic heterocycles. The van der Waals surface area contributed by atoms with Crippen molar-refractivity contribution in [1.29, 1.82) is 0 Å². The number of esters is 1. The second-order valence-electron chi connectivity index (χ2n) is 10.8. The van der Waals surface area contributed by atoms with E-state index >= 15 is 0 Å². The highest BCUT2D eigenvalue weighted by atomic mass is 16.6. The summed E-state index contributed by atoms with van der Waals surface area (Å²) in [6.07, 6.45) is 3.57. The standard InChI is InChI=1S/C25H44N4O7/c1-9-10-11-19(29-16(2)30)18-12-17(21(31)34-8)13-20(18)27-15-28-23(33)36-25(6,7)14-26-22(32)35-24(3,4)5/h15,17-20H,9-14H2,1-8H3,(H,26,32)(H,29,30)(H,27,28,33)/t17-,18+,19?,20-/m1/s1. The van der Waals surface area contributed by atoms with Gasteiger partial charge in [0.15, 0.2) is 0 Å². The molecule has 206 valence electrons. The van der Waals surface area contributed by atoms with Gasteiger partial charge in [0.05, 0.1) is 25.9 Å². The number of alkyl carbamates (subject to hydrolysis) is 1. The molecule has 0 aromatic carbocycles. The van der Waals surface area contributed by atoms with Crippen molar-refractivity contribution in [3.63, 3.8) is 0 Å². The SMILES string of the molecule is CCCCC(NC(C)=O)[C@@H]1C[C@@H](C(=O)OC)C[C@H]1N/C=N/C(=O)OC(C)(C)CNC(=O)OC(C)(C)C. The Bertz CT molecular complexity index is 792. The summed E-state index contributed by atoms with van der Waals surface area (Å²) in [5.41, 5.74) is -1.66. The van der Waals surface area contributed by atoms with Gasteiger partial charge in [-0.25, -0.2) is 9.59 Å². The molecule has 1 aliphatic carbocycles. The van der Waals surface area contributed by atoms with Crippen LogP contribution >= 0.6 is 0 Å². The van der Waals surface area contributed by atoms with Crippen LogP contribution in [0.2, 0.25) is 0 Å². The Hall–Kier alpha value is -2.85. The van der Waals surface area contributed by atoms with Gasteiger partial charge in [0.1, 0.15) is 11.2 Å². The number of hydrogen-bond acceptors (Lipinski definition) is 7. The van der Waals surface area contributed by atoms with Gasteiger partial charge in [0.25, 0.3) is 0 Å². The lowest BCUT2D eigenvalue weighted by atomic mass is 9.90. The molecule has 0 heterocycles. The summed E-state index contributed by atoms with van der Waals surface area (Å²) in [5.74, 6) is -0.775. The summed E-state index contributed by atoms with van der Waals surface area (Å²) < 4.78 is 15.5. The number of methoxy groups -OCH3 is 1. The van der Waals surface area contributed by atoms with Crippen LogP contribution in [0.3, 0.4) is 0 Å². The van der Waals surface area contributed by atoms with Crippen LogP contribution < -0.4 is 16.0 Å². The summed E-state index contributed by atoms with van der Waals surface area (Å²) in [6.45, 7) is 12.1. The zero-order valence-electron chi connectivity index (χ0n) is 22.9. The molecule has 0 aromatic rings. The molecule has 1 unspecified atom stereocenters. The predicted octanol–water partition coefficient (Wildman–Crippen LogP) is 3.31. The maximum Gasteiger partial charge on any atom is 0.435 e. The minimum Gasteiger partial charge on any atom is -0.469 e. The van der Waals surface area contributed by atoms with Gasteiger partial charge < -0.3 is 30.2 Å². The van der Waals surface area contributed by atoms with Crippen LogP contribution in [0.25, 0.3) is 0 Å². The van der Waals surface area contributed by atoms with E-state index in [2.05, 4.69) is 27.9 Å². The summed E-state index contributed by atoms with van der Waals surface area (Å²) in [5, 5.41) is 8.71. The third-order valence-electron chi connectivity index (χ3n) is 5.80. The van der Waals surface area contributed by atoms with Crippen molar-refractivity contribution in [3.05, 3.63) is 0 Å². The number of rotatable bonds is 11. The number of hydrogen-bond donors (Lipinski definition) is 3. The van der Waals surface area contributed by atoms with E-state index in [0.717, 1.165) is 19.3 Å². The molecule has 1 saturated carbocycles. The van der Waals surface area contributed by atoms with Crippen molar-refractivity contribution in [1.82, 2.24) is 16.0 Å². The van der Waals surface area contributed by atoms with E-state index in [1.165, 1.54) is 20.4 Å². The Morgan fingerprint density at radius 3 is 2.31 bits per heavy atom. The third kappa shape index (κ3) is 11.7. The van der Waals surface area contributed by atoms with Crippen molar-refractivity contribution in [2.24, 2.45) is 16.8 Å². The van der Waals surface area contributed by atoms with Gasteiger partial charge in [-0.05, 0) is 53.9 Å². The maximum atomic E-state index is 12.3. The van der Waals surface area contributed by atoms with E-state index in [0.29, 0.717) is 12.8 Å². The molecule has 11 heteroatoms. The number of aliphatic imine (C=N–C) groups is 1. The molecule has 3 N–H and O–H groups in total. The monoisotopic (exact) mass is 512 g/mol. The van der Waals surface area contributed by atoms with Crippen LogP contribution in [0.15, 0.2) is 4.99 Å². The molecular weight excluding hydrogens is 468 g/mol. The summed E-state index contributed by atoms with van der Waals surface area (Å²) in [6, 6.07) is -0.311. The zero-order chi connectivity index (χ0) is 27.5. The summed E-state index contributed by atoms with van der Waals surface area (Å²) in [7, 11) is 1.36. The van der Waals surface area contributed by atoms with Gasteiger partial charge >= 0.3 is 18.2 Å². The molecule has 1 fully saturated rings. The molecule has 0 aromatic heterocycles. The first kappa shape index (κ1) is 31.2. The van der Waals surface area contributed by atoms with Crippen LogP contribution in [0.5, 0.6) is 0 Å². The Kier molecular flexibility index (Phi) is 12.2. The lowest BCUT2D eigenvalue weighted by Crippen LogP contribution is -2.46. The van der Waals surface area contributed by atoms with Gasteiger partial charge in [-0.15, -0.1) is 0 Å². The Labute approximate surface area is 214 Å². The van der Waals surface area contributed by atoms with E-state index in [9.17, 15) is 19.2 Å². The number of carbonyl (C=O) groups excluding carboxylic acids is 4. The van der Waals surface area contributed by atoms with Crippen LogP contribution in [-0.4, -0.2) is 67.3 Å². The van der Waals surface area contributed by atoms with Gasteiger partial charge in [-0.1, -0.05) is 19.8 Å². The first-order valence-corrected chi connectivity index (χ1v) is 12.5. The smallest absolute Gasteiger partial charge is 0.435 e. The molecule has 11 nitrogen and oxygen atoms in total. The molecule has 36 heavy (non-hydrogen) atoms. The molecule has 0 bridgehead atoms.